The molecule has 6 nitrogen and oxygen atoms in total. The number of benzene rings is 1. The average molecular weight is 405 g/mol. The summed E-state index contributed by atoms with van der Waals surface area (Å²) in [6.45, 7) is 1.86. The van der Waals surface area contributed by atoms with Crippen LogP contribution in [-0.4, -0.2) is 28.1 Å². The van der Waals surface area contributed by atoms with Gasteiger partial charge < -0.3 is 15.4 Å². The third-order valence-corrected chi connectivity index (χ3v) is 6.90. The van der Waals surface area contributed by atoms with Gasteiger partial charge in [-0.1, -0.05) is 24.3 Å². The second-order valence-corrected chi connectivity index (χ2v) is 9.47. The maximum atomic E-state index is 12.9. The van der Waals surface area contributed by atoms with Crippen LogP contribution in [0.5, 0.6) is 5.88 Å². The van der Waals surface area contributed by atoms with Gasteiger partial charge in [-0.15, -0.1) is 0 Å². The van der Waals surface area contributed by atoms with Gasteiger partial charge >= 0.3 is 6.09 Å². The number of amides is 2. The Kier molecular flexibility index (Phi) is 4.53. The number of hydrogen-bond donors (Lipinski definition) is 2. The zero-order valence-corrected chi connectivity index (χ0v) is 17.2. The van der Waals surface area contributed by atoms with E-state index in [1.807, 2.05) is 49.4 Å². The minimum absolute atomic E-state index is 0.0285. The Labute approximate surface area is 176 Å². The predicted octanol–water partition coefficient (Wildman–Crippen LogP) is 4.00. The highest BCUT2D eigenvalue weighted by Crippen LogP contribution is 2.57. The van der Waals surface area contributed by atoms with Gasteiger partial charge in [0.15, 0.2) is 0 Å². The SMILES string of the molecule is Cc1cccc(OC(=O)NC23CC4CC(C2)CC(NC(=O)c2ccccc2)(C4)C3)n1. The smallest absolute Gasteiger partial charge is 0.391 e. The van der Waals surface area contributed by atoms with E-state index >= 15 is 0 Å². The van der Waals surface area contributed by atoms with Crippen molar-refractivity contribution in [2.24, 2.45) is 11.8 Å². The van der Waals surface area contributed by atoms with Crippen LogP contribution in [0.25, 0.3) is 0 Å². The van der Waals surface area contributed by atoms with Gasteiger partial charge in [0, 0.05) is 28.4 Å². The van der Waals surface area contributed by atoms with E-state index in [4.69, 9.17) is 4.74 Å². The zero-order chi connectivity index (χ0) is 20.8. The van der Waals surface area contributed by atoms with Crippen molar-refractivity contribution >= 4 is 12.0 Å². The fourth-order valence-electron chi connectivity index (χ4n) is 6.37. The molecule has 2 amide bonds. The van der Waals surface area contributed by atoms with Crippen molar-refractivity contribution in [2.75, 3.05) is 0 Å². The van der Waals surface area contributed by atoms with Crippen molar-refractivity contribution in [3.8, 4) is 5.88 Å². The maximum absolute atomic E-state index is 12.9. The summed E-state index contributed by atoms with van der Waals surface area (Å²) in [6.07, 6.45) is 5.34. The summed E-state index contributed by atoms with van der Waals surface area (Å²) < 4.78 is 5.47. The normalized spacial score (nSPS) is 31.2. The van der Waals surface area contributed by atoms with Gasteiger partial charge in [-0.2, -0.15) is 0 Å². The molecule has 0 radical (unpaired) electrons. The molecule has 1 heterocycles. The molecule has 6 heteroatoms. The van der Waals surface area contributed by atoms with Gasteiger partial charge in [-0.05, 0) is 75.5 Å². The Balaban J connectivity index is 1.32. The molecule has 4 fully saturated rings. The first-order valence-corrected chi connectivity index (χ1v) is 10.7. The van der Waals surface area contributed by atoms with Crippen molar-refractivity contribution < 1.29 is 14.3 Å². The van der Waals surface area contributed by atoms with Crippen LogP contribution < -0.4 is 15.4 Å². The number of hydrogen-bond acceptors (Lipinski definition) is 4. The second-order valence-electron chi connectivity index (χ2n) is 9.47. The monoisotopic (exact) mass is 405 g/mol. The second kappa shape index (κ2) is 7.11. The van der Waals surface area contributed by atoms with E-state index in [1.54, 1.807) is 6.07 Å². The van der Waals surface area contributed by atoms with Gasteiger partial charge in [0.25, 0.3) is 5.91 Å². The first-order chi connectivity index (χ1) is 14.4. The minimum atomic E-state index is -0.459. The summed E-state index contributed by atoms with van der Waals surface area (Å²) in [6, 6.07) is 14.7. The van der Waals surface area contributed by atoms with Crippen molar-refractivity contribution in [1.29, 1.82) is 0 Å². The van der Waals surface area contributed by atoms with Crippen LogP contribution in [0.15, 0.2) is 48.5 Å². The Hall–Kier alpha value is -2.89. The third kappa shape index (κ3) is 3.66. The maximum Gasteiger partial charge on any atom is 0.414 e. The highest BCUT2D eigenvalue weighted by molar-refractivity contribution is 5.94. The molecule has 156 valence electrons. The van der Waals surface area contributed by atoms with Crippen LogP contribution in [0.4, 0.5) is 4.79 Å². The van der Waals surface area contributed by atoms with Gasteiger partial charge in [-0.25, -0.2) is 9.78 Å². The molecule has 4 saturated carbocycles. The number of nitrogens with zero attached hydrogens (tertiary/aromatic N) is 1. The van der Waals surface area contributed by atoms with Crippen LogP contribution in [0.2, 0.25) is 0 Å². The number of ether oxygens (including phenoxy) is 1. The Bertz CT molecular complexity index is 961. The van der Waals surface area contributed by atoms with Gasteiger partial charge in [-0.3, -0.25) is 4.79 Å². The number of rotatable bonds is 4. The first-order valence-electron chi connectivity index (χ1n) is 10.7. The zero-order valence-electron chi connectivity index (χ0n) is 17.2. The summed E-state index contributed by atoms with van der Waals surface area (Å²) in [5, 5.41) is 6.53. The molecule has 4 aliphatic carbocycles. The number of aromatic nitrogens is 1. The lowest BCUT2D eigenvalue weighted by Gasteiger charge is -2.62. The first kappa shape index (κ1) is 19.1. The van der Waals surface area contributed by atoms with E-state index in [2.05, 4.69) is 15.6 Å². The number of carbonyl (C=O) groups is 2. The largest absolute Gasteiger partial charge is 0.414 e. The summed E-state index contributed by atoms with van der Waals surface area (Å²) >= 11 is 0. The number of aryl methyl sites for hydroxylation is 1. The van der Waals surface area contributed by atoms with Crippen molar-refractivity contribution in [3.05, 3.63) is 59.8 Å². The molecule has 0 saturated heterocycles. The Morgan fingerprint density at radius 3 is 2.27 bits per heavy atom. The van der Waals surface area contributed by atoms with Crippen molar-refractivity contribution in [3.63, 3.8) is 0 Å². The molecular weight excluding hydrogens is 378 g/mol. The Morgan fingerprint density at radius 1 is 0.933 bits per heavy atom. The van der Waals surface area contributed by atoms with E-state index in [9.17, 15) is 9.59 Å². The van der Waals surface area contributed by atoms with E-state index in [0.29, 0.717) is 23.3 Å². The molecule has 2 aromatic rings. The number of nitrogens with one attached hydrogen (secondary N) is 2. The topological polar surface area (TPSA) is 80.3 Å². The fourth-order valence-corrected chi connectivity index (χ4v) is 6.37. The summed E-state index contributed by atoms with van der Waals surface area (Å²) in [5.41, 5.74) is 0.902. The quantitative estimate of drug-likeness (QED) is 0.806. The van der Waals surface area contributed by atoms with Gasteiger partial charge in [0.1, 0.15) is 0 Å². The predicted molar refractivity (Wildman–Crippen MR) is 112 cm³/mol. The Morgan fingerprint density at radius 2 is 1.60 bits per heavy atom. The van der Waals surface area contributed by atoms with Crippen molar-refractivity contribution in [1.82, 2.24) is 15.6 Å². The summed E-state index contributed by atoms with van der Waals surface area (Å²) in [4.78, 5) is 29.8. The molecule has 0 aliphatic heterocycles. The average Bonchev–Trinajstić information content (AvgIpc) is 2.66. The van der Waals surface area contributed by atoms with Crippen LogP contribution in [-0.2, 0) is 0 Å². The van der Waals surface area contributed by atoms with Crippen LogP contribution in [0.3, 0.4) is 0 Å². The molecule has 1 aromatic carbocycles. The lowest BCUT2D eigenvalue weighted by molar-refractivity contribution is -0.0449. The van der Waals surface area contributed by atoms with Crippen LogP contribution in [0, 0.1) is 18.8 Å². The molecule has 4 aliphatic rings. The lowest BCUT2D eigenvalue weighted by Crippen LogP contribution is -2.70. The summed E-state index contributed by atoms with van der Waals surface area (Å²) in [7, 11) is 0. The molecule has 30 heavy (non-hydrogen) atoms. The van der Waals surface area contributed by atoms with E-state index < -0.39 is 6.09 Å². The number of carbonyl (C=O) groups excluding carboxylic acids is 2. The highest BCUT2D eigenvalue weighted by Gasteiger charge is 2.59. The molecule has 1 aromatic heterocycles. The standard InChI is InChI=1S/C24H27N3O3/c1-16-6-5-9-20(25-16)30-22(29)27-24-13-17-10-18(14-24)12-23(11-17,15-24)26-21(28)19-7-3-2-4-8-19/h2-9,17-18H,10-15H2,1H3,(H,26,28)(H,27,29). The molecule has 2 unspecified atom stereocenters. The lowest BCUT2D eigenvalue weighted by atomic mass is 9.50. The minimum Gasteiger partial charge on any atom is -0.391 e. The van der Waals surface area contributed by atoms with E-state index in [-0.39, 0.29) is 17.0 Å². The van der Waals surface area contributed by atoms with E-state index in [1.165, 1.54) is 6.42 Å². The van der Waals surface area contributed by atoms with Gasteiger partial charge in [0.05, 0.1) is 0 Å². The molecule has 0 spiro atoms. The molecular formula is C24H27N3O3. The van der Waals surface area contributed by atoms with Crippen LogP contribution in [0.1, 0.15) is 54.6 Å². The molecule has 2 atom stereocenters. The van der Waals surface area contributed by atoms with Crippen LogP contribution >= 0.6 is 0 Å². The molecule has 6 rings (SSSR count). The van der Waals surface area contributed by atoms with Crippen molar-refractivity contribution in [2.45, 2.75) is 56.5 Å². The number of pyridine rings is 1. The van der Waals surface area contributed by atoms with E-state index in [0.717, 1.165) is 37.8 Å². The fraction of sp³-hybridized carbons (Fsp3) is 0.458. The highest BCUT2D eigenvalue weighted by atomic mass is 16.6. The summed E-state index contributed by atoms with van der Waals surface area (Å²) in [5.74, 6) is 1.31. The third-order valence-electron chi connectivity index (χ3n) is 6.90. The molecule has 4 bridgehead atoms. The molecule has 2 N–H and O–H groups in total. The van der Waals surface area contributed by atoms with Gasteiger partial charge in [0.2, 0.25) is 5.88 Å².